The smallest absolute Gasteiger partial charge is 0.338 e. The van der Waals surface area contributed by atoms with Crippen LogP contribution in [-0.2, 0) is 25.5 Å². The fourth-order valence-corrected chi connectivity index (χ4v) is 6.10. The Kier molecular flexibility index (Phi) is 8.32. The molecule has 3 aromatic rings. The molecule has 1 fully saturated rings. The average Bonchev–Trinajstić information content (AvgIpc) is 3.62. The number of ether oxygens (including phenoxy) is 2. The lowest BCUT2D eigenvalue weighted by Gasteiger charge is -2.34. The average molecular weight is 587 g/mol. The number of thiazole rings is 1. The Hall–Kier alpha value is -3.57. The zero-order chi connectivity index (χ0) is 28.4. The molecule has 1 aromatic carbocycles. The number of aromatic nitrogens is 2. The molecule has 40 heavy (non-hydrogen) atoms. The van der Waals surface area contributed by atoms with Crippen molar-refractivity contribution < 1.29 is 27.9 Å². The van der Waals surface area contributed by atoms with Crippen LogP contribution in [0.2, 0.25) is 5.02 Å². The van der Waals surface area contributed by atoms with Crippen LogP contribution in [0.25, 0.3) is 0 Å². The second-order valence-corrected chi connectivity index (χ2v) is 11.0. The van der Waals surface area contributed by atoms with Gasteiger partial charge in [0.1, 0.15) is 17.6 Å². The number of nitrogens with one attached hydrogen (secondary N) is 1. The highest BCUT2D eigenvalue weighted by molar-refractivity contribution is 7.11. The quantitative estimate of drug-likeness (QED) is 0.364. The summed E-state index contributed by atoms with van der Waals surface area (Å²) in [5.41, 5.74) is 2.12. The van der Waals surface area contributed by atoms with Crippen LogP contribution in [0.4, 0.5) is 4.39 Å². The van der Waals surface area contributed by atoms with Gasteiger partial charge in [0.2, 0.25) is 0 Å². The molecule has 0 amide bonds. The summed E-state index contributed by atoms with van der Waals surface area (Å²) >= 11 is 7.88. The summed E-state index contributed by atoms with van der Waals surface area (Å²) in [6.07, 6.45) is 4.72. The highest BCUT2D eigenvalue weighted by Gasteiger charge is 2.38. The lowest BCUT2D eigenvalue weighted by atomic mass is 9.78. The lowest BCUT2D eigenvalue weighted by molar-refractivity contribution is -0.140. The number of allylic oxidation sites excluding steroid dienone is 1. The van der Waals surface area contributed by atoms with Crippen LogP contribution in [0.1, 0.15) is 65.6 Å². The summed E-state index contributed by atoms with van der Waals surface area (Å²) in [5, 5.41) is 6.06. The molecule has 1 unspecified atom stereocenters. The Morgan fingerprint density at radius 2 is 1.93 bits per heavy atom. The van der Waals surface area contributed by atoms with E-state index in [-0.39, 0.29) is 29.2 Å². The monoisotopic (exact) mass is 586 g/mol. The van der Waals surface area contributed by atoms with Crippen molar-refractivity contribution in [2.24, 2.45) is 10.9 Å². The zero-order valence-electron chi connectivity index (χ0n) is 22.2. The van der Waals surface area contributed by atoms with E-state index in [1.54, 1.807) is 19.2 Å². The van der Waals surface area contributed by atoms with E-state index in [1.807, 2.05) is 5.38 Å². The second kappa shape index (κ2) is 11.9. The molecule has 1 aliphatic heterocycles. The molecule has 210 valence electrons. The minimum Gasteiger partial charge on any atom is -0.469 e. The van der Waals surface area contributed by atoms with Crippen molar-refractivity contribution in [2.45, 2.75) is 51.0 Å². The number of esters is 2. The molecular weight excluding hydrogens is 559 g/mol. The van der Waals surface area contributed by atoms with Crippen molar-refractivity contribution in [3.63, 3.8) is 0 Å². The van der Waals surface area contributed by atoms with Gasteiger partial charge in [-0.15, -0.1) is 11.3 Å². The van der Waals surface area contributed by atoms with Crippen molar-refractivity contribution in [1.82, 2.24) is 15.3 Å². The van der Waals surface area contributed by atoms with E-state index in [0.717, 1.165) is 25.7 Å². The third-order valence-electron chi connectivity index (χ3n) is 7.31. The number of hydrogen-bond acceptors (Lipinski definition) is 10. The van der Waals surface area contributed by atoms with Gasteiger partial charge in [-0.1, -0.05) is 17.7 Å². The summed E-state index contributed by atoms with van der Waals surface area (Å²) in [7, 11) is 2.67. The van der Waals surface area contributed by atoms with Gasteiger partial charge in [0.15, 0.2) is 16.7 Å². The van der Waals surface area contributed by atoms with Gasteiger partial charge in [-0.05, 0) is 50.7 Å². The van der Waals surface area contributed by atoms with Crippen molar-refractivity contribution in [3.8, 4) is 0 Å². The minimum absolute atomic E-state index is 0.0249. The maximum Gasteiger partial charge on any atom is 0.338 e. The Balaban J connectivity index is 1.46. The van der Waals surface area contributed by atoms with Crippen LogP contribution in [0.3, 0.4) is 0 Å². The maximum absolute atomic E-state index is 13.9. The normalized spacial score (nSPS) is 21.0. The van der Waals surface area contributed by atoms with Gasteiger partial charge >= 0.3 is 11.9 Å². The molecule has 0 spiro atoms. The number of nitrogens with zero attached hydrogens (tertiary/aromatic N) is 3. The highest BCUT2D eigenvalue weighted by atomic mass is 35.5. The van der Waals surface area contributed by atoms with Gasteiger partial charge in [0.25, 0.3) is 0 Å². The van der Waals surface area contributed by atoms with Gasteiger partial charge in [-0.2, -0.15) is 0 Å². The summed E-state index contributed by atoms with van der Waals surface area (Å²) in [4.78, 5) is 38.8. The summed E-state index contributed by atoms with van der Waals surface area (Å²) in [5.74, 6) is 0.389. The molecule has 0 radical (unpaired) electrons. The van der Waals surface area contributed by atoms with E-state index in [2.05, 4.69) is 15.3 Å². The second-order valence-electron chi connectivity index (χ2n) is 9.68. The predicted molar refractivity (Wildman–Crippen MR) is 147 cm³/mol. The van der Waals surface area contributed by atoms with Crippen molar-refractivity contribution in [2.75, 3.05) is 14.2 Å². The number of carbonyl (C=O) groups is 2. The Morgan fingerprint density at radius 3 is 2.58 bits per heavy atom. The molecular formula is C28H28ClFN4O5S. The Labute approximate surface area is 239 Å². The van der Waals surface area contributed by atoms with E-state index in [4.69, 9.17) is 30.5 Å². The first-order valence-electron chi connectivity index (χ1n) is 12.8. The topological polar surface area (TPSA) is 116 Å². The summed E-state index contributed by atoms with van der Waals surface area (Å²) in [6.45, 7) is 1.79. The maximum atomic E-state index is 13.9. The van der Waals surface area contributed by atoms with Crippen molar-refractivity contribution >= 4 is 40.7 Å². The van der Waals surface area contributed by atoms with Gasteiger partial charge in [-0.3, -0.25) is 9.79 Å². The number of aliphatic imine (C=N–C) groups is 1. The first-order chi connectivity index (χ1) is 19.3. The van der Waals surface area contributed by atoms with Gasteiger partial charge in [-0.25, -0.2) is 19.2 Å². The molecule has 12 heteroatoms. The highest BCUT2D eigenvalue weighted by Crippen LogP contribution is 2.43. The first kappa shape index (κ1) is 28.0. The molecule has 1 aliphatic carbocycles. The van der Waals surface area contributed by atoms with E-state index in [1.165, 1.54) is 37.7 Å². The van der Waals surface area contributed by atoms with E-state index < -0.39 is 17.8 Å². The molecule has 1 atom stereocenters. The molecule has 5 rings (SSSR count). The standard InChI is InChI=1S/C28H28ClFN4O5S/c1-14-20(13-21(35)37-2)32-26(39-14)16-6-4-15(5-7-16)23-22(28(36)38-3)24(18-9-8-17(30)12-19(18)29)34-25(33-23)27-31-10-11-40-27/h8-12,15-16,24H,4-7,13H2,1-3H3,(H,33,34). The van der Waals surface area contributed by atoms with Gasteiger partial charge in [0.05, 0.1) is 31.9 Å². The molecule has 2 aromatic heterocycles. The molecule has 2 aliphatic rings. The van der Waals surface area contributed by atoms with Crippen molar-refractivity contribution in [1.29, 1.82) is 0 Å². The van der Waals surface area contributed by atoms with Crippen LogP contribution < -0.4 is 5.32 Å². The Bertz CT molecular complexity index is 1480. The fourth-order valence-electron chi connectivity index (χ4n) is 5.25. The van der Waals surface area contributed by atoms with Crippen molar-refractivity contribution in [3.05, 3.63) is 79.8 Å². The summed E-state index contributed by atoms with van der Waals surface area (Å²) < 4.78 is 29.8. The third kappa shape index (κ3) is 5.66. The number of amidine groups is 1. The van der Waals surface area contributed by atoms with Gasteiger partial charge in [0, 0.05) is 33.8 Å². The van der Waals surface area contributed by atoms with Crippen LogP contribution >= 0.6 is 22.9 Å². The number of methoxy groups -OCH3 is 2. The number of aryl methyl sites for hydroxylation is 1. The molecule has 0 saturated heterocycles. The first-order valence-corrected chi connectivity index (χ1v) is 14.1. The van der Waals surface area contributed by atoms with Crippen LogP contribution in [0.5, 0.6) is 0 Å². The molecule has 3 heterocycles. The number of oxazole rings is 1. The SMILES string of the molecule is COC(=O)Cc1nc(C2CCC(C3=C(C(=O)OC)C(c4ccc(F)cc4Cl)N=C(c4nccs4)N3)CC2)oc1C. The Morgan fingerprint density at radius 1 is 1.18 bits per heavy atom. The number of benzene rings is 1. The zero-order valence-corrected chi connectivity index (χ0v) is 23.8. The number of carbonyl (C=O) groups excluding carboxylic acids is 2. The van der Waals surface area contributed by atoms with Crippen LogP contribution in [0, 0.1) is 18.7 Å². The number of hydrogen-bond donors (Lipinski definition) is 1. The predicted octanol–water partition coefficient (Wildman–Crippen LogP) is 5.44. The van der Waals surface area contributed by atoms with Crippen LogP contribution in [0.15, 0.2) is 50.5 Å². The molecule has 0 bridgehead atoms. The molecule has 9 nitrogen and oxygen atoms in total. The van der Waals surface area contributed by atoms with Gasteiger partial charge < -0.3 is 19.2 Å². The largest absolute Gasteiger partial charge is 0.469 e. The minimum atomic E-state index is -0.802. The number of rotatable bonds is 7. The van der Waals surface area contributed by atoms with Crippen LogP contribution in [-0.4, -0.2) is 42.0 Å². The fraction of sp³-hybridized carbons (Fsp3) is 0.393. The van der Waals surface area contributed by atoms with E-state index >= 15 is 0 Å². The number of halogens is 2. The van der Waals surface area contributed by atoms with E-state index in [0.29, 0.717) is 45.0 Å². The molecule has 1 saturated carbocycles. The van der Waals surface area contributed by atoms with E-state index in [9.17, 15) is 14.0 Å². The molecule has 1 N–H and O–H groups in total. The summed E-state index contributed by atoms with van der Waals surface area (Å²) in [6, 6.07) is 3.26. The third-order valence-corrected chi connectivity index (χ3v) is 8.41. The lowest BCUT2D eigenvalue weighted by Crippen LogP contribution is -2.37.